The maximum absolute atomic E-state index is 11.3. The second kappa shape index (κ2) is 7.63. The van der Waals surface area contributed by atoms with E-state index in [1.54, 1.807) is 14.0 Å². The molecule has 0 aliphatic heterocycles. The molecule has 0 saturated carbocycles. The second-order valence-corrected chi connectivity index (χ2v) is 3.17. The largest absolute Gasteiger partial charge is 0.359 e. The Morgan fingerprint density at radius 3 is 2.25 bits per heavy atom. The van der Waals surface area contributed by atoms with Crippen LogP contribution in [0.25, 0.3) is 0 Å². The monoisotopic (exact) mass is 230 g/mol. The van der Waals surface area contributed by atoms with Crippen LogP contribution >= 0.6 is 0 Å². The molecule has 7 nitrogen and oxygen atoms in total. The average molecular weight is 230 g/mol. The Hall–Kier alpha value is -1.63. The molecule has 4 N–H and O–H groups in total. The van der Waals surface area contributed by atoms with E-state index in [4.69, 9.17) is 0 Å². The molecule has 0 aliphatic rings. The van der Waals surface area contributed by atoms with Gasteiger partial charge in [-0.3, -0.25) is 14.9 Å². The van der Waals surface area contributed by atoms with Gasteiger partial charge < -0.3 is 16.0 Å². The molecule has 0 fully saturated rings. The number of amides is 4. The summed E-state index contributed by atoms with van der Waals surface area (Å²) in [7, 11) is 2.97. The normalized spacial score (nSPS) is 11.4. The van der Waals surface area contributed by atoms with E-state index in [2.05, 4.69) is 21.3 Å². The van der Waals surface area contributed by atoms with Gasteiger partial charge in [0.2, 0.25) is 11.8 Å². The summed E-state index contributed by atoms with van der Waals surface area (Å²) in [4.78, 5) is 33.0. The van der Waals surface area contributed by atoms with Crippen LogP contribution in [0.1, 0.15) is 13.3 Å². The number of hydrogen-bond donors (Lipinski definition) is 4. The molecule has 0 heterocycles. The number of carbonyl (C=O) groups is 3. The molecule has 92 valence electrons. The van der Waals surface area contributed by atoms with E-state index in [0.717, 1.165) is 0 Å². The third kappa shape index (κ3) is 5.97. The Labute approximate surface area is 94.3 Å². The van der Waals surface area contributed by atoms with Crippen molar-refractivity contribution in [2.24, 2.45) is 0 Å². The number of nitrogens with one attached hydrogen (secondary N) is 4. The molecule has 4 amide bonds. The average Bonchev–Trinajstić information content (AvgIpc) is 2.28. The number of carbonyl (C=O) groups excluding carboxylic acids is 3. The van der Waals surface area contributed by atoms with Gasteiger partial charge in [-0.05, 0) is 6.92 Å². The molecule has 0 aromatic heterocycles. The molecule has 0 bridgehead atoms. The van der Waals surface area contributed by atoms with Gasteiger partial charge in [0, 0.05) is 27.1 Å². The van der Waals surface area contributed by atoms with Crippen molar-refractivity contribution in [3.63, 3.8) is 0 Å². The molecule has 0 radical (unpaired) electrons. The molecular weight excluding hydrogens is 212 g/mol. The van der Waals surface area contributed by atoms with Gasteiger partial charge in [-0.2, -0.15) is 0 Å². The first-order valence-electron chi connectivity index (χ1n) is 4.97. The van der Waals surface area contributed by atoms with Crippen molar-refractivity contribution in [3.05, 3.63) is 0 Å². The highest BCUT2D eigenvalue weighted by Crippen LogP contribution is 1.84. The van der Waals surface area contributed by atoms with E-state index in [9.17, 15) is 14.4 Å². The fourth-order valence-electron chi connectivity index (χ4n) is 0.903. The van der Waals surface area contributed by atoms with E-state index in [1.165, 1.54) is 7.05 Å². The topological polar surface area (TPSA) is 99.3 Å². The van der Waals surface area contributed by atoms with E-state index < -0.39 is 18.0 Å². The molecular formula is C9H18N4O3. The van der Waals surface area contributed by atoms with Gasteiger partial charge in [0.05, 0.1) is 6.04 Å². The highest BCUT2D eigenvalue weighted by atomic mass is 16.2. The van der Waals surface area contributed by atoms with Crippen LogP contribution in [0.5, 0.6) is 0 Å². The Balaban J connectivity index is 3.79. The lowest BCUT2D eigenvalue weighted by molar-refractivity contribution is -0.123. The van der Waals surface area contributed by atoms with Crippen LogP contribution in [0.2, 0.25) is 0 Å². The summed E-state index contributed by atoms with van der Waals surface area (Å²) in [5, 5.41) is 9.69. The zero-order valence-corrected chi connectivity index (χ0v) is 9.72. The zero-order chi connectivity index (χ0) is 12.6. The number of hydrogen-bond acceptors (Lipinski definition) is 4. The van der Waals surface area contributed by atoms with Gasteiger partial charge in [0.15, 0.2) is 0 Å². The number of imide groups is 1. The van der Waals surface area contributed by atoms with Crippen molar-refractivity contribution in [1.82, 2.24) is 21.3 Å². The Morgan fingerprint density at radius 2 is 1.75 bits per heavy atom. The first-order valence-corrected chi connectivity index (χ1v) is 4.97. The molecule has 0 aromatic carbocycles. The van der Waals surface area contributed by atoms with Gasteiger partial charge in [-0.1, -0.05) is 0 Å². The van der Waals surface area contributed by atoms with Gasteiger partial charge in [-0.25, -0.2) is 4.79 Å². The lowest BCUT2D eigenvalue weighted by Gasteiger charge is -2.12. The smallest absolute Gasteiger partial charge is 0.321 e. The molecule has 0 saturated heterocycles. The third-order valence-corrected chi connectivity index (χ3v) is 1.94. The standard InChI is InChI=1S/C9H18N4O3/c1-6(8(15)13-9(16)11-3)12-5-4-7(14)10-2/h6,12H,4-5H2,1-3H3,(H,10,14)(H2,11,13,15,16). The summed E-state index contributed by atoms with van der Waals surface area (Å²) in [6, 6.07) is -1.08. The lowest BCUT2D eigenvalue weighted by atomic mass is 10.3. The molecule has 16 heavy (non-hydrogen) atoms. The highest BCUT2D eigenvalue weighted by molar-refractivity contribution is 5.96. The van der Waals surface area contributed by atoms with E-state index in [1.807, 2.05) is 0 Å². The number of urea groups is 1. The van der Waals surface area contributed by atoms with Crippen LogP contribution in [-0.4, -0.2) is 44.5 Å². The minimum Gasteiger partial charge on any atom is -0.359 e. The second-order valence-electron chi connectivity index (χ2n) is 3.17. The van der Waals surface area contributed by atoms with Crippen LogP contribution in [0.4, 0.5) is 4.79 Å². The Morgan fingerprint density at radius 1 is 1.12 bits per heavy atom. The molecule has 0 aliphatic carbocycles. The van der Waals surface area contributed by atoms with Crippen LogP contribution < -0.4 is 21.3 Å². The summed E-state index contributed by atoms with van der Waals surface area (Å²) < 4.78 is 0. The minimum absolute atomic E-state index is 0.105. The minimum atomic E-state index is -0.551. The summed E-state index contributed by atoms with van der Waals surface area (Å²) in [5.41, 5.74) is 0. The van der Waals surface area contributed by atoms with Crippen molar-refractivity contribution in [2.75, 3.05) is 20.6 Å². The van der Waals surface area contributed by atoms with Crippen molar-refractivity contribution in [1.29, 1.82) is 0 Å². The van der Waals surface area contributed by atoms with Crippen LogP contribution in [0.15, 0.2) is 0 Å². The summed E-state index contributed by atoms with van der Waals surface area (Å²) in [6.07, 6.45) is 0.286. The van der Waals surface area contributed by atoms with Gasteiger partial charge in [-0.15, -0.1) is 0 Å². The molecule has 1 unspecified atom stereocenters. The molecule has 1 atom stereocenters. The summed E-state index contributed by atoms with van der Waals surface area (Å²) in [6.45, 7) is 1.99. The first-order chi connectivity index (χ1) is 7.51. The Kier molecular flexibility index (Phi) is 6.86. The predicted octanol–water partition coefficient (Wildman–Crippen LogP) is -1.44. The van der Waals surface area contributed by atoms with Gasteiger partial charge in [0.25, 0.3) is 0 Å². The van der Waals surface area contributed by atoms with Crippen molar-refractivity contribution >= 4 is 17.8 Å². The van der Waals surface area contributed by atoms with Crippen molar-refractivity contribution < 1.29 is 14.4 Å². The van der Waals surface area contributed by atoms with Crippen LogP contribution in [-0.2, 0) is 9.59 Å². The third-order valence-electron chi connectivity index (χ3n) is 1.94. The number of rotatable bonds is 5. The maximum atomic E-state index is 11.3. The SMILES string of the molecule is CNC(=O)CCNC(C)C(=O)NC(=O)NC. The molecule has 0 spiro atoms. The summed E-state index contributed by atoms with van der Waals surface area (Å²) in [5.74, 6) is -0.539. The first kappa shape index (κ1) is 14.4. The fraction of sp³-hybridized carbons (Fsp3) is 0.667. The molecule has 0 aromatic rings. The Bertz CT molecular complexity index is 267. The zero-order valence-electron chi connectivity index (χ0n) is 9.72. The highest BCUT2D eigenvalue weighted by Gasteiger charge is 2.14. The lowest BCUT2D eigenvalue weighted by Crippen LogP contribution is -2.47. The molecule has 7 heteroatoms. The van der Waals surface area contributed by atoms with Gasteiger partial charge >= 0.3 is 6.03 Å². The quantitative estimate of drug-likeness (QED) is 0.464. The van der Waals surface area contributed by atoms with Crippen molar-refractivity contribution in [2.45, 2.75) is 19.4 Å². The van der Waals surface area contributed by atoms with Crippen LogP contribution in [0.3, 0.4) is 0 Å². The van der Waals surface area contributed by atoms with Crippen LogP contribution in [0, 0.1) is 0 Å². The molecule has 0 rings (SSSR count). The predicted molar refractivity (Wildman–Crippen MR) is 58.7 cm³/mol. The van der Waals surface area contributed by atoms with E-state index in [-0.39, 0.29) is 12.3 Å². The summed E-state index contributed by atoms with van der Waals surface area (Å²) >= 11 is 0. The fourth-order valence-corrected chi connectivity index (χ4v) is 0.903. The van der Waals surface area contributed by atoms with Gasteiger partial charge in [0.1, 0.15) is 0 Å². The van der Waals surface area contributed by atoms with E-state index >= 15 is 0 Å². The maximum Gasteiger partial charge on any atom is 0.321 e. The van der Waals surface area contributed by atoms with E-state index in [0.29, 0.717) is 6.54 Å². The van der Waals surface area contributed by atoms with Crippen molar-refractivity contribution in [3.8, 4) is 0 Å².